The summed E-state index contributed by atoms with van der Waals surface area (Å²) >= 11 is 0. The van der Waals surface area contributed by atoms with E-state index in [1.165, 1.54) is 0 Å². The van der Waals surface area contributed by atoms with E-state index in [2.05, 4.69) is 4.72 Å². The standard InChI is InChI=1S/C22H33N3O5S/c1-16(2)15-19(23-31(28,29)18-8-6-17(3)7-9-18)21(26)24-10-12-25(13-11-24)22(27)20-5-4-14-30-20/h6-9,16,19-20,23H,4-5,10-15H2,1-3H3. The maximum absolute atomic E-state index is 13.2. The van der Waals surface area contributed by atoms with Gasteiger partial charge in [0.15, 0.2) is 0 Å². The number of nitrogens with one attached hydrogen (secondary N) is 1. The predicted molar refractivity (Wildman–Crippen MR) is 117 cm³/mol. The summed E-state index contributed by atoms with van der Waals surface area (Å²) in [5, 5.41) is 0. The summed E-state index contributed by atoms with van der Waals surface area (Å²) in [5.74, 6) is -0.117. The number of piperazine rings is 1. The van der Waals surface area contributed by atoms with E-state index in [1.807, 2.05) is 20.8 Å². The number of carbonyl (C=O) groups is 2. The summed E-state index contributed by atoms with van der Waals surface area (Å²) < 4.78 is 33.8. The number of benzene rings is 1. The van der Waals surface area contributed by atoms with Crippen molar-refractivity contribution in [2.75, 3.05) is 32.8 Å². The number of sulfonamides is 1. The molecule has 0 spiro atoms. The van der Waals surface area contributed by atoms with E-state index < -0.39 is 16.1 Å². The van der Waals surface area contributed by atoms with Crippen molar-refractivity contribution in [2.24, 2.45) is 5.92 Å². The molecule has 1 N–H and O–H groups in total. The minimum absolute atomic E-state index is 0.0107. The third-order valence-corrected chi connectivity index (χ3v) is 7.23. The number of rotatable bonds is 7. The molecule has 2 aliphatic heterocycles. The Morgan fingerprint density at radius 1 is 1.10 bits per heavy atom. The number of hydrogen-bond acceptors (Lipinski definition) is 5. The van der Waals surface area contributed by atoms with E-state index in [9.17, 15) is 18.0 Å². The zero-order valence-electron chi connectivity index (χ0n) is 18.5. The van der Waals surface area contributed by atoms with Crippen LogP contribution in [0.3, 0.4) is 0 Å². The van der Waals surface area contributed by atoms with Crippen molar-refractivity contribution < 1.29 is 22.7 Å². The molecule has 0 bridgehead atoms. The van der Waals surface area contributed by atoms with Crippen molar-refractivity contribution in [3.05, 3.63) is 29.8 Å². The molecule has 2 amide bonds. The van der Waals surface area contributed by atoms with Gasteiger partial charge in [-0.2, -0.15) is 4.72 Å². The van der Waals surface area contributed by atoms with Gasteiger partial charge < -0.3 is 14.5 Å². The van der Waals surface area contributed by atoms with Crippen molar-refractivity contribution in [2.45, 2.75) is 57.1 Å². The third kappa shape index (κ3) is 6.05. The van der Waals surface area contributed by atoms with Gasteiger partial charge in [-0.25, -0.2) is 8.42 Å². The number of ether oxygens (including phenoxy) is 1. The summed E-state index contributed by atoms with van der Waals surface area (Å²) in [5.41, 5.74) is 0.962. The fourth-order valence-electron chi connectivity index (χ4n) is 3.99. The molecule has 2 fully saturated rings. The SMILES string of the molecule is Cc1ccc(S(=O)(=O)NC(CC(C)C)C(=O)N2CCN(C(=O)C3CCCO3)CC2)cc1. The van der Waals surface area contributed by atoms with Gasteiger partial charge in [0, 0.05) is 32.8 Å². The summed E-state index contributed by atoms with van der Waals surface area (Å²) in [7, 11) is -3.82. The number of aryl methyl sites for hydroxylation is 1. The molecule has 9 heteroatoms. The van der Waals surface area contributed by atoms with Crippen LogP contribution in [0.2, 0.25) is 0 Å². The largest absolute Gasteiger partial charge is 0.368 e. The van der Waals surface area contributed by atoms with E-state index in [4.69, 9.17) is 4.74 Å². The fourth-order valence-corrected chi connectivity index (χ4v) is 5.19. The van der Waals surface area contributed by atoms with Crippen LogP contribution in [0, 0.1) is 12.8 Å². The molecule has 2 aliphatic rings. The molecular formula is C22H33N3O5S. The van der Waals surface area contributed by atoms with E-state index >= 15 is 0 Å². The molecule has 172 valence electrons. The van der Waals surface area contributed by atoms with E-state index in [1.54, 1.807) is 34.1 Å². The Kier molecular flexibility index (Phi) is 7.72. The molecule has 2 heterocycles. The first kappa shape index (κ1) is 23.7. The van der Waals surface area contributed by atoms with E-state index in [-0.39, 0.29) is 28.7 Å². The minimum Gasteiger partial charge on any atom is -0.368 e. The highest BCUT2D eigenvalue weighted by Gasteiger charge is 2.34. The van der Waals surface area contributed by atoms with Gasteiger partial charge in [0.1, 0.15) is 12.1 Å². The molecule has 3 rings (SSSR count). The van der Waals surface area contributed by atoms with Gasteiger partial charge >= 0.3 is 0 Å². The molecule has 0 radical (unpaired) electrons. The molecule has 1 aromatic carbocycles. The van der Waals surface area contributed by atoms with Crippen LogP contribution in [-0.2, 0) is 24.3 Å². The van der Waals surface area contributed by atoms with E-state index in [0.29, 0.717) is 39.2 Å². The van der Waals surface area contributed by atoms with E-state index in [0.717, 1.165) is 18.4 Å². The topological polar surface area (TPSA) is 96.0 Å². The highest BCUT2D eigenvalue weighted by molar-refractivity contribution is 7.89. The smallest absolute Gasteiger partial charge is 0.251 e. The Bertz CT molecular complexity index is 871. The average molecular weight is 452 g/mol. The van der Waals surface area contributed by atoms with Crippen LogP contribution in [0.15, 0.2) is 29.2 Å². The van der Waals surface area contributed by atoms with Crippen LogP contribution >= 0.6 is 0 Å². The Morgan fingerprint density at radius 2 is 1.71 bits per heavy atom. The molecule has 2 atom stereocenters. The molecule has 8 nitrogen and oxygen atoms in total. The van der Waals surface area contributed by atoms with Gasteiger partial charge in [-0.05, 0) is 44.2 Å². The maximum Gasteiger partial charge on any atom is 0.251 e. The zero-order chi connectivity index (χ0) is 22.6. The molecule has 1 aromatic rings. The Morgan fingerprint density at radius 3 is 2.26 bits per heavy atom. The van der Waals surface area contributed by atoms with Gasteiger partial charge in [-0.15, -0.1) is 0 Å². The monoisotopic (exact) mass is 451 g/mol. The molecule has 0 saturated carbocycles. The summed E-state index contributed by atoms with van der Waals surface area (Å²) in [6.45, 7) is 8.06. The number of amides is 2. The summed E-state index contributed by atoms with van der Waals surface area (Å²) in [4.78, 5) is 29.3. The Balaban J connectivity index is 1.64. The predicted octanol–water partition coefficient (Wildman–Crippen LogP) is 1.54. The summed E-state index contributed by atoms with van der Waals surface area (Å²) in [6, 6.07) is 5.72. The third-order valence-electron chi connectivity index (χ3n) is 5.74. The van der Waals surface area contributed by atoms with Crippen LogP contribution in [-0.4, -0.2) is 75.0 Å². The van der Waals surface area contributed by atoms with Gasteiger partial charge in [0.2, 0.25) is 15.9 Å². The molecule has 2 unspecified atom stereocenters. The second kappa shape index (κ2) is 10.1. The molecule has 0 aromatic heterocycles. The quantitative estimate of drug-likeness (QED) is 0.678. The number of carbonyl (C=O) groups excluding carboxylic acids is 2. The molecular weight excluding hydrogens is 418 g/mol. The van der Waals surface area contributed by atoms with Crippen LogP contribution < -0.4 is 4.72 Å². The lowest BCUT2D eigenvalue weighted by atomic mass is 10.0. The van der Waals surface area contributed by atoms with Crippen molar-refractivity contribution in [1.29, 1.82) is 0 Å². The minimum atomic E-state index is -3.82. The Labute approximate surface area is 185 Å². The van der Waals surface area contributed by atoms with Crippen molar-refractivity contribution in [1.82, 2.24) is 14.5 Å². The first-order valence-corrected chi connectivity index (χ1v) is 12.4. The molecule has 2 saturated heterocycles. The lowest BCUT2D eigenvalue weighted by molar-refractivity contribution is -0.146. The second-order valence-electron chi connectivity index (χ2n) is 8.77. The van der Waals surface area contributed by atoms with Crippen molar-refractivity contribution >= 4 is 21.8 Å². The van der Waals surface area contributed by atoms with Crippen LogP contribution in [0.1, 0.15) is 38.7 Å². The van der Waals surface area contributed by atoms with Crippen molar-refractivity contribution in [3.63, 3.8) is 0 Å². The van der Waals surface area contributed by atoms with Crippen LogP contribution in [0.4, 0.5) is 0 Å². The molecule has 0 aliphatic carbocycles. The van der Waals surface area contributed by atoms with Gasteiger partial charge in [0.05, 0.1) is 4.90 Å². The van der Waals surface area contributed by atoms with Gasteiger partial charge in [-0.1, -0.05) is 31.5 Å². The van der Waals surface area contributed by atoms with Crippen molar-refractivity contribution in [3.8, 4) is 0 Å². The van der Waals surface area contributed by atoms with Crippen LogP contribution in [0.25, 0.3) is 0 Å². The highest BCUT2D eigenvalue weighted by Crippen LogP contribution is 2.18. The zero-order valence-corrected chi connectivity index (χ0v) is 19.4. The normalized spacial score (nSPS) is 20.8. The summed E-state index contributed by atoms with van der Waals surface area (Å²) in [6.07, 6.45) is 1.68. The van der Waals surface area contributed by atoms with Crippen LogP contribution in [0.5, 0.6) is 0 Å². The second-order valence-corrected chi connectivity index (χ2v) is 10.5. The fraction of sp³-hybridized carbons (Fsp3) is 0.636. The first-order valence-electron chi connectivity index (χ1n) is 11.0. The average Bonchev–Trinajstić information content (AvgIpc) is 3.27. The molecule has 31 heavy (non-hydrogen) atoms. The number of hydrogen-bond donors (Lipinski definition) is 1. The maximum atomic E-state index is 13.2. The van der Waals surface area contributed by atoms with Gasteiger partial charge in [-0.3, -0.25) is 9.59 Å². The lowest BCUT2D eigenvalue weighted by Gasteiger charge is -2.37. The van der Waals surface area contributed by atoms with Gasteiger partial charge in [0.25, 0.3) is 5.91 Å². The highest BCUT2D eigenvalue weighted by atomic mass is 32.2. The lowest BCUT2D eigenvalue weighted by Crippen LogP contribution is -2.57. The Hall–Kier alpha value is -1.97. The number of nitrogens with zero attached hydrogens (tertiary/aromatic N) is 2. The first-order chi connectivity index (χ1) is 14.7.